The Labute approximate surface area is 101 Å². The van der Waals surface area contributed by atoms with Crippen LogP contribution in [-0.4, -0.2) is 28.3 Å². The number of nitrogens with zero attached hydrogens (tertiary/aromatic N) is 2. The van der Waals surface area contributed by atoms with Gasteiger partial charge in [0.25, 0.3) is 0 Å². The minimum atomic E-state index is -0.912. The van der Waals surface area contributed by atoms with Crippen molar-refractivity contribution in [3.8, 4) is 0 Å². The Bertz CT molecular complexity index is 428. The average Bonchev–Trinajstić information content (AvgIpc) is 2.75. The number of hydrogen-bond donors (Lipinski definition) is 1. The molecule has 0 unspecified atom stereocenters. The molecule has 0 spiro atoms. The zero-order chi connectivity index (χ0) is 12.3. The molecular weight excluding hydrogens is 216 g/mol. The van der Waals surface area contributed by atoms with Gasteiger partial charge in [0.2, 0.25) is 0 Å². The largest absolute Gasteiger partial charge is 0.477 e. The first-order chi connectivity index (χ1) is 8.22. The van der Waals surface area contributed by atoms with E-state index in [4.69, 9.17) is 5.11 Å². The summed E-state index contributed by atoms with van der Waals surface area (Å²) in [4.78, 5) is 11.0. The minimum Gasteiger partial charge on any atom is -0.477 e. The van der Waals surface area contributed by atoms with Gasteiger partial charge in [-0.05, 0) is 12.0 Å². The standard InChI is InChI=1S/C13H16N2O2/c1-2-8-15-12(9-11(14-15)13(16)17)10-6-4-3-5-7-10/h3-7,12H,2,8-9H2,1H3,(H,16,17)/t12-/m1/s1. The van der Waals surface area contributed by atoms with Gasteiger partial charge < -0.3 is 5.11 Å². The Balaban J connectivity index is 2.21. The molecule has 1 aromatic rings. The number of carboxylic acids is 1. The highest BCUT2D eigenvalue weighted by Crippen LogP contribution is 2.30. The lowest BCUT2D eigenvalue weighted by atomic mass is 10.0. The number of benzene rings is 1. The van der Waals surface area contributed by atoms with Crippen molar-refractivity contribution in [1.29, 1.82) is 0 Å². The van der Waals surface area contributed by atoms with Crippen molar-refractivity contribution < 1.29 is 9.90 Å². The molecule has 0 radical (unpaired) electrons. The molecular formula is C13H16N2O2. The quantitative estimate of drug-likeness (QED) is 0.866. The van der Waals surface area contributed by atoms with Crippen LogP contribution in [0.1, 0.15) is 31.4 Å². The van der Waals surface area contributed by atoms with Gasteiger partial charge in [-0.1, -0.05) is 37.3 Å². The highest BCUT2D eigenvalue weighted by Gasteiger charge is 2.30. The second kappa shape index (κ2) is 4.99. The van der Waals surface area contributed by atoms with E-state index in [-0.39, 0.29) is 11.8 Å². The van der Waals surface area contributed by atoms with Crippen LogP contribution >= 0.6 is 0 Å². The molecule has 17 heavy (non-hydrogen) atoms. The van der Waals surface area contributed by atoms with Crippen LogP contribution in [0.15, 0.2) is 35.4 Å². The zero-order valence-corrected chi connectivity index (χ0v) is 9.84. The van der Waals surface area contributed by atoms with Gasteiger partial charge in [0, 0.05) is 13.0 Å². The van der Waals surface area contributed by atoms with Gasteiger partial charge in [0.05, 0.1) is 6.04 Å². The van der Waals surface area contributed by atoms with Gasteiger partial charge in [-0.2, -0.15) is 5.10 Å². The van der Waals surface area contributed by atoms with Crippen molar-refractivity contribution in [3.05, 3.63) is 35.9 Å². The lowest BCUT2D eigenvalue weighted by molar-refractivity contribution is -0.129. The number of aliphatic carboxylic acids is 1. The van der Waals surface area contributed by atoms with E-state index in [0.717, 1.165) is 18.5 Å². The van der Waals surface area contributed by atoms with Crippen LogP contribution in [0.5, 0.6) is 0 Å². The number of carboxylic acid groups (broad SMARTS) is 1. The Kier molecular flexibility index (Phi) is 3.42. The molecule has 4 heteroatoms. The van der Waals surface area contributed by atoms with Crippen molar-refractivity contribution in [1.82, 2.24) is 5.01 Å². The SMILES string of the molecule is CCCN1N=C(C(=O)O)C[C@@H]1c1ccccc1. The number of carbonyl (C=O) groups is 1. The molecule has 0 saturated heterocycles. The normalized spacial score (nSPS) is 19.2. The summed E-state index contributed by atoms with van der Waals surface area (Å²) < 4.78 is 0. The van der Waals surface area contributed by atoms with Crippen molar-refractivity contribution >= 4 is 11.7 Å². The summed E-state index contributed by atoms with van der Waals surface area (Å²) in [5.74, 6) is -0.912. The zero-order valence-electron chi connectivity index (χ0n) is 9.84. The fourth-order valence-electron chi connectivity index (χ4n) is 2.08. The number of hydrogen-bond acceptors (Lipinski definition) is 3. The molecule has 1 aliphatic rings. The Morgan fingerprint density at radius 3 is 2.76 bits per heavy atom. The fourth-order valence-corrected chi connectivity index (χ4v) is 2.08. The topological polar surface area (TPSA) is 52.9 Å². The summed E-state index contributed by atoms with van der Waals surface area (Å²) in [6.45, 7) is 2.85. The molecule has 0 amide bonds. The van der Waals surface area contributed by atoms with E-state index in [1.54, 1.807) is 0 Å². The van der Waals surface area contributed by atoms with Gasteiger partial charge in [-0.3, -0.25) is 5.01 Å². The molecule has 0 saturated carbocycles. The van der Waals surface area contributed by atoms with E-state index in [2.05, 4.69) is 12.0 Å². The third-order valence-electron chi connectivity index (χ3n) is 2.88. The summed E-state index contributed by atoms with van der Waals surface area (Å²) in [6.07, 6.45) is 1.44. The molecule has 4 nitrogen and oxygen atoms in total. The molecule has 1 aromatic carbocycles. The average molecular weight is 232 g/mol. The minimum absolute atomic E-state index is 0.0715. The molecule has 90 valence electrons. The second-order valence-electron chi connectivity index (χ2n) is 4.15. The van der Waals surface area contributed by atoms with Crippen molar-refractivity contribution in [2.24, 2.45) is 5.10 Å². The first-order valence-corrected chi connectivity index (χ1v) is 5.84. The predicted octanol–water partition coefficient (Wildman–Crippen LogP) is 2.28. The molecule has 0 aromatic heterocycles. The van der Waals surface area contributed by atoms with E-state index in [0.29, 0.717) is 6.42 Å². The van der Waals surface area contributed by atoms with E-state index in [9.17, 15) is 4.79 Å². The van der Waals surface area contributed by atoms with Crippen LogP contribution in [0.3, 0.4) is 0 Å². The van der Waals surface area contributed by atoms with Crippen LogP contribution in [0.4, 0.5) is 0 Å². The fraction of sp³-hybridized carbons (Fsp3) is 0.385. The second-order valence-corrected chi connectivity index (χ2v) is 4.15. The van der Waals surface area contributed by atoms with Crippen LogP contribution in [-0.2, 0) is 4.79 Å². The molecule has 0 aliphatic carbocycles. The summed E-state index contributed by atoms with van der Waals surface area (Å²) in [5, 5.41) is 15.1. The van der Waals surface area contributed by atoms with Crippen molar-refractivity contribution in [2.75, 3.05) is 6.54 Å². The van der Waals surface area contributed by atoms with E-state index in [1.165, 1.54) is 0 Å². The van der Waals surface area contributed by atoms with Crippen LogP contribution < -0.4 is 0 Å². The van der Waals surface area contributed by atoms with Crippen LogP contribution in [0.25, 0.3) is 0 Å². The molecule has 1 N–H and O–H groups in total. The van der Waals surface area contributed by atoms with Crippen LogP contribution in [0, 0.1) is 0 Å². The van der Waals surface area contributed by atoms with Crippen LogP contribution in [0.2, 0.25) is 0 Å². The van der Waals surface area contributed by atoms with E-state index < -0.39 is 5.97 Å². The monoisotopic (exact) mass is 232 g/mol. The highest BCUT2D eigenvalue weighted by molar-refractivity contribution is 6.36. The number of hydrazone groups is 1. The summed E-state index contributed by atoms with van der Waals surface area (Å²) >= 11 is 0. The van der Waals surface area contributed by atoms with Crippen molar-refractivity contribution in [2.45, 2.75) is 25.8 Å². The molecule has 1 heterocycles. The predicted molar refractivity (Wildman–Crippen MR) is 65.9 cm³/mol. The van der Waals surface area contributed by atoms with Gasteiger partial charge >= 0.3 is 5.97 Å². The molecule has 0 bridgehead atoms. The smallest absolute Gasteiger partial charge is 0.352 e. The van der Waals surface area contributed by atoms with Crippen molar-refractivity contribution in [3.63, 3.8) is 0 Å². The maximum Gasteiger partial charge on any atom is 0.352 e. The Morgan fingerprint density at radius 1 is 1.47 bits per heavy atom. The molecule has 0 fully saturated rings. The van der Waals surface area contributed by atoms with Gasteiger partial charge in [0.15, 0.2) is 0 Å². The lowest BCUT2D eigenvalue weighted by Crippen LogP contribution is -2.20. The Hall–Kier alpha value is -1.84. The highest BCUT2D eigenvalue weighted by atomic mass is 16.4. The van der Waals surface area contributed by atoms with Gasteiger partial charge in [0.1, 0.15) is 5.71 Å². The first-order valence-electron chi connectivity index (χ1n) is 5.84. The molecule has 1 atom stereocenters. The van der Waals surface area contributed by atoms with E-state index >= 15 is 0 Å². The summed E-state index contributed by atoms with van der Waals surface area (Å²) in [5.41, 5.74) is 1.38. The van der Waals surface area contributed by atoms with Gasteiger partial charge in [-0.15, -0.1) is 0 Å². The third kappa shape index (κ3) is 2.46. The van der Waals surface area contributed by atoms with Gasteiger partial charge in [-0.25, -0.2) is 4.79 Å². The Morgan fingerprint density at radius 2 is 2.18 bits per heavy atom. The maximum atomic E-state index is 11.0. The molecule has 2 rings (SSSR count). The van der Waals surface area contributed by atoms with E-state index in [1.807, 2.05) is 35.3 Å². The molecule has 1 aliphatic heterocycles. The number of rotatable bonds is 4. The summed E-state index contributed by atoms with van der Waals surface area (Å²) in [7, 11) is 0. The summed E-state index contributed by atoms with van der Waals surface area (Å²) in [6, 6.07) is 10.0. The maximum absolute atomic E-state index is 11.0. The lowest BCUT2D eigenvalue weighted by Gasteiger charge is -2.23. The third-order valence-corrected chi connectivity index (χ3v) is 2.88. The first kappa shape index (κ1) is 11.6.